The van der Waals surface area contributed by atoms with E-state index in [4.69, 9.17) is 0 Å². The van der Waals surface area contributed by atoms with Crippen molar-refractivity contribution in [2.45, 2.75) is 12.1 Å². The largest absolute Gasteiger partial charge is 0.392 e. The minimum atomic E-state index is -0.816. The highest BCUT2D eigenvalue weighted by Gasteiger charge is 2.40. The van der Waals surface area contributed by atoms with Gasteiger partial charge in [0.15, 0.2) is 0 Å². The first kappa shape index (κ1) is 19.5. The summed E-state index contributed by atoms with van der Waals surface area (Å²) < 4.78 is 2.75. The van der Waals surface area contributed by atoms with Gasteiger partial charge < -0.3 is 5.11 Å². The molecule has 0 unspecified atom stereocenters. The van der Waals surface area contributed by atoms with Crippen LogP contribution < -0.4 is 5.56 Å². The van der Waals surface area contributed by atoms with Crippen molar-refractivity contribution in [2.75, 3.05) is 0 Å². The van der Waals surface area contributed by atoms with Gasteiger partial charge in [0.1, 0.15) is 5.54 Å². The Balaban J connectivity index is 1.95. The molecule has 1 aromatic heterocycles. The highest BCUT2D eigenvalue weighted by molar-refractivity contribution is 7.14. The quantitative estimate of drug-likeness (QED) is 0.385. The number of hydrogen-bond donors (Lipinski definition) is 1. The van der Waals surface area contributed by atoms with Crippen LogP contribution in [0.15, 0.2) is 114 Å². The number of aromatic nitrogens is 1. The van der Waals surface area contributed by atoms with Gasteiger partial charge in [0, 0.05) is 0 Å². The van der Waals surface area contributed by atoms with Crippen molar-refractivity contribution >= 4 is 21.6 Å². The molecule has 152 valence electrons. The molecule has 0 spiro atoms. The monoisotopic (exact) mass is 423 g/mol. The number of aliphatic hydroxyl groups is 1. The molecule has 0 bridgehead atoms. The molecule has 0 saturated heterocycles. The number of benzene rings is 4. The van der Waals surface area contributed by atoms with Crippen LogP contribution in [0.4, 0.5) is 0 Å². The third-order valence-corrected chi connectivity index (χ3v) is 6.87. The molecule has 0 fully saturated rings. The van der Waals surface area contributed by atoms with E-state index in [-0.39, 0.29) is 12.2 Å². The van der Waals surface area contributed by atoms with Crippen molar-refractivity contribution in [1.82, 2.24) is 3.96 Å². The summed E-state index contributed by atoms with van der Waals surface area (Å²) >= 11 is 1.44. The zero-order valence-electron chi connectivity index (χ0n) is 16.8. The SMILES string of the molecule is O=c1c2ccc(CO)cc2sn1C(c1ccccc1)(c1ccccc1)c1ccccc1. The molecule has 0 aliphatic carbocycles. The Morgan fingerprint density at radius 2 is 1.19 bits per heavy atom. The van der Waals surface area contributed by atoms with E-state index >= 15 is 0 Å². The molecule has 5 aromatic rings. The lowest BCUT2D eigenvalue weighted by atomic mass is 9.77. The highest BCUT2D eigenvalue weighted by Crippen LogP contribution is 2.42. The number of hydrogen-bond acceptors (Lipinski definition) is 3. The highest BCUT2D eigenvalue weighted by atomic mass is 32.1. The second-order valence-corrected chi connectivity index (χ2v) is 8.48. The smallest absolute Gasteiger partial charge is 0.270 e. The van der Waals surface area contributed by atoms with Gasteiger partial charge in [-0.1, -0.05) is 109 Å². The third kappa shape index (κ3) is 3.12. The second-order valence-electron chi connectivity index (χ2n) is 7.49. The fourth-order valence-electron chi connectivity index (χ4n) is 4.28. The molecule has 0 aliphatic heterocycles. The lowest BCUT2D eigenvalue weighted by molar-refractivity contribution is 0.282. The van der Waals surface area contributed by atoms with Crippen molar-refractivity contribution in [2.24, 2.45) is 0 Å². The number of fused-ring (bicyclic) bond motifs is 1. The van der Waals surface area contributed by atoms with Crippen molar-refractivity contribution < 1.29 is 5.11 Å². The summed E-state index contributed by atoms with van der Waals surface area (Å²) in [5, 5.41) is 10.2. The molecule has 31 heavy (non-hydrogen) atoms. The average Bonchev–Trinajstić information content (AvgIpc) is 3.17. The van der Waals surface area contributed by atoms with Gasteiger partial charge in [-0.05, 0) is 34.4 Å². The van der Waals surface area contributed by atoms with Gasteiger partial charge in [0.25, 0.3) is 5.56 Å². The molecule has 0 saturated carbocycles. The van der Waals surface area contributed by atoms with Gasteiger partial charge in [-0.25, -0.2) is 3.96 Å². The Hall–Kier alpha value is -3.47. The van der Waals surface area contributed by atoms with Gasteiger partial charge in [-0.15, -0.1) is 0 Å². The molecule has 0 amide bonds. The number of aliphatic hydroxyl groups excluding tert-OH is 1. The second kappa shape index (κ2) is 7.99. The first-order valence-electron chi connectivity index (χ1n) is 10.2. The van der Waals surface area contributed by atoms with Crippen LogP contribution in [0.5, 0.6) is 0 Å². The van der Waals surface area contributed by atoms with Crippen molar-refractivity contribution in [1.29, 1.82) is 0 Å². The van der Waals surface area contributed by atoms with Crippen LogP contribution in [-0.4, -0.2) is 9.06 Å². The third-order valence-electron chi connectivity index (χ3n) is 5.71. The molecule has 4 heteroatoms. The summed E-state index contributed by atoms with van der Waals surface area (Å²) in [6, 6.07) is 36.1. The Morgan fingerprint density at radius 1 is 0.710 bits per heavy atom. The van der Waals surface area contributed by atoms with E-state index in [1.807, 2.05) is 76.8 Å². The van der Waals surface area contributed by atoms with E-state index in [1.165, 1.54) is 11.5 Å². The Morgan fingerprint density at radius 3 is 1.65 bits per heavy atom. The fraction of sp³-hybridized carbons (Fsp3) is 0.0741. The standard InChI is InChI=1S/C27H21NO2S/c29-19-20-16-17-24-25(18-20)31-28(26(24)30)27(21-10-4-1-5-11-21,22-12-6-2-7-13-22)23-14-8-3-9-15-23/h1-18,29H,19H2. The first-order valence-corrected chi connectivity index (χ1v) is 11.0. The average molecular weight is 424 g/mol. The molecule has 4 aromatic carbocycles. The van der Waals surface area contributed by atoms with E-state index < -0.39 is 5.54 Å². The zero-order chi connectivity index (χ0) is 21.3. The summed E-state index contributed by atoms with van der Waals surface area (Å²) in [6.45, 7) is -0.0524. The van der Waals surface area contributed by atoms with Crippen molar-refractivity contribution in [3.63, 3.8) is 0 Å². The minimum absolute atomic E-state index is 0.0407. The van der Waals surface area contributed by atoms with E-state index in [1.54, 1.807) is 0 Å². The van der Waals surface area contributed by atoms with Crippen LogP contribution in [-0.2, 0) is 12.1 Å². The van der Waals surface area contributed by atoms with E-state index in [0.29, 0.717) is 5.39 Å². The van der Waals surface area contributed by atoms with E-state index in [2.05, 4.69) is 36.4 Å². The molecule has 1 N–H and O–H groups in total. The molecular weight excluding hydrogens is 402 g/mol. The molecule has 3 nitrogen and oxygen atoms in total. The van der Waals surface area contributed by atoms with Crippen LogP contribution in [0.2, 0.25) is 0 Å². The van der Waals surface area contributed by atoms with Crippen LogP contribution in [0.25, 0.3) is 10.1 Å². The topological polar surface area (TPSA) is 42.2 Å². The van der Waals surface area contributed by atoms with Gasteiger partial charge in [-0.2, -0.15) is 0 Å². The van der Waals surface area contributed by atoms with Crippen molar-refractivity contribution in [3.8, 4) is 0 Å². The fourth-order valence-corrected chi connectivity index (χ4v) is 5.57. The maximum atomic E-state index is 13.8. The lowest BCUT2D eigenvalue weighted by Crippen LogP contribution is -2.41. The molecule has 0 aliphatic rings. The molecule has 5 rings (SSSR count). The minimum Gasteiger partial charge on any atom is -0.392 e. The maximum absolute atomic E-state index is 13.8. The molecular formula is C27H21NO2S. The van der Waals surface area contributed by atoms with Gasteiger partial charge in [0.05, 0.1) is 16.7 Å². The summed E-state index contributed by atoms with van der Waals surface area (Å²) in [5.41, 5.74) is 2.99. The summed E-state index contributed by atoms with van der Waals surface area (Å²) in [7, 11) is 0. The first-order chi connectivity index (χ1) is 15.2. The summed E-state index contributed by atoms with van der Waals surface area (Å²) in [5.74, 6) is 0. The molecule has 0 atom stereocenters. The van der Waals surface area contributed by atoms with Crippen molar-refractivity contribution in [3.05, 3.63) is 142 Å². The zero-order valence-corrected chi connectivity index (χ0v) is 17.6. The van der Waals surface area contributed by atoms with Crippen LogP contribution in [0.1, 0.15) is 22.3 Å². The van der Waals surface area contributed by atoms with Gasteiger partial charge in [-0.3, -0.25) is 4.79 Å². The summed E-state index contributed by atoms with van der Waals surface area (Å²) in [6.07, 6.45) is 0. The summed E-state index contributed by atoms with van der Waals surface area (Å²) in [4.78, 5) is 13.8. The predicted octanol–water partition coefficient (Wildman–Crippen LogP) is 5.40. The van der Waals surface area contributed by atoms with Crippen LogP contribution in [0.3, 0.4) is 0 Å². The predicted molar refractivity (Wildman–Crippen MR) is 127 cm³/mol. The normalized spacial score (nSPS) is 11.6. The Labute approximate surface area is 184 Å². The Kier molecular flexibility index (Phi) is 5.02. The lowest BCUT2D eigenvalue weighted by Gasteiger charge is -2.36. The van der Waals surface area contributed by atoms with E-state index in [0.717, 1.165) is 27.0 Å². The van der Waals surface area contributed by atoms with Gasteiger partial charge in [0.2, 0.25) is 0 Å². The molecule has 1 heterocycles. The number of nitrogens with zero attached hydrogens (tertiary/aromatic N) is 1. The van der Waals surface area contributed by atoms with E-state index in [9.17, 15) is 9.90 Å². The maximum Gasteiger partial charge on any atom is 0.270 e. The number of rotatable bonds is 5. The van der Waals surface area contributed by atoms with Crippen LogP contribution >= 0.6 is 11.5 Å². The molecule has 0 radical (unpaired) electrons. The van der Waals surface area contributed by atoms with Gasteiger partial charge >= 0.3 is 0 Å². The Bertz CT molecular complexity index is 1280. The van der Waals surface area contributed by atoms with Crippen LogP contribution in [0, 0.1) is 0 Å².